The van der Waals surface area contributed by atoms with Crippen molar-refractivity contribution in [1.82, 2.24) is 5.32 Å². The van der Waals surface area contributed by atoms with Crippen molar-refractivity contribution < 1.29 is 19.5 Å². The molecule has 0 radical (unpaired) electrons. The number of halogens is 1. The molecule has 3 N–H and O–H groups in total. The molecule has 1 aromatic rings. The number of anilines is 1. The minimum atomic E-state index is -0.830. The van der Waals surface area contributed by atoms with Crippen LogP contribution in [0.1, 0.15) is 43.5 Å². The Morgan fingerprint density at radius 1 is 1.25 bits per heavy atom. The Morgan fingerprint density at radius 3 is 2.54 bits per heavy atom. The predicted molar refractivity (Wildman–Crippen MR) is 91.2 cm³/mol. The second-order valence-electron chi connectivity index (χ2n) is 6.36. The molecule has 1 saturated carbocycles. The molecule has 7 heteroatoms. The van der Waals surface area contributed by atoms with Gasteiger partial charge in [-0.15, -0.1) is 0 Å². The van der Waals surface area contributed by atoms with E-state index in [4.69, 9.17) is 16.7 Å². The first-order chi connectivity index (χ1) is 11.3. The number of aliphatic carboxylic acids is 1. The van der Waals surface area contributed by atoms with Crippen LogP contribution in [0.3, 0.4) is 0 Å². The fourth-order valence-electron chi connectivity index (χ4n) is 2.66. The average molecular weight is 353 g/mol. The van der Waals surface area contributed by atoms with Crippen LogP contribution >= 0.6 is 11.6 Å². The topological polar surface area (TPSA) is 95.5 Å². The maximum Gasteiger partial charge on any atom is 0.306 e. The van der Waals surface area contributed by atoms with E-state index in [9.17, 15) is 14.4 Å². The SMILES string of the molecule is CC(C)C(=O)Nc1ccc(Cl)c(C(=O)N[C@H]2CC[C@@H](C(=O)O)C2)c1. The lowest BCUT2D eigenvalue weighted by Gasteiger charge is -2.14. The van der Waals surface area contributed by atoms with Gasteiger partial charge in [0.05, 0.1) is 16.5 Å². The van der Waals surface area contributed by atoms with Crippen molar-refractivity contribution in [2.75, 3.05) is 5.32 Å². The standard InChI is InChI=1S/C17H21ClN2O4/c1-9(2)15(21)19-12-5-6-14(18)13(8-12)16(22)20-11-4-3-10(7-11)17(23)24/h5-6,8-11H,3-4,7H2,1-2H3,(H,19,21)(H,20,22)(H,23,24)/t10-,11+/m1/s1. The number of carbonyl (C=O) groups is 3. The average Bonchev–Trinajstić information content (AvgIpc) is 2.97. The Morgan fingerprint density at radius 2 is 1.96 bits per heavy atom. The maximum atomic E-state index is 12.4. The molecule has 0 spiro atoms. The molecule has 0 saturated heterocycles. The molecular weight excluding hydrogens is 332 g/mol. The van der Waals surface area contributed by atoms with Crippen molar-refractivity contribution in [2.45, 2.75) is 39.2 Å². The number of nitrogens with one attached hydrogen (secondary N) is 2. The summed E-state index contributed by atoms with van der Waals surface area (Å²) in [6.45, 7) is 3.55. The van der Waals surface area contributed by atoms with Crippen LogP contribution in [0.5, 0.6) is 0 Å². The highest BCUT2D eigenvalue weighted by atomic mass is 35.5. The molecule has 2 rings (SSSR count). The zero-order valence-electron chi connectivity index (χ0n) is 13.6. The molecule has 6 nitrogen and oxygen atoms in total. The summed E-state index contributed by atoms with van der Waals surface area (Å²) in [7, 11) is 0. The number of hydrogen-bond donors (Lipinski definition) is 3. The molecule has 24 heavy (non-hydrogen) atoms. The van der Waals surface area contributed by atoms with Crippen molar-refractivity contribution in [3.05, 3.63) is 28.8 Å². The van der Waals surface area contributed by atoms with Crippen molar-refractivity contribution >= 4 is 35.1 Å². The van der Waals surface area contributed by atoms with Gasteiger partial charge in [-0.2, -0.15) is 0 Å². The molecule has 130 valence electrons. The van der Waals surface area contributed by atoms with Crippen LogP contribution in [0.2, 0.25) is 5.02 Å². The summed E-state index contributed by atoms with van der Waals surface area (Å²) in [5.41, 5.74) is 0.759. The van der Waals surface area contributed by atoms with Gasteiger partial charge in [-0.1, -0.05) is 25.4 Å². The van der Waals surface area contributed by atoms with Gasteiger partial charge in [0.25, 0.3) is 5.91 Å². The summed E-state index contributed by atoms with van der Waals surface area (Å²) in [5.74, 6) is -1.93. The van der Waals surface area contributed by atoms with Gasteiger partial charge in [-0.25, -0.2) is 0 Å². The summed E-state index contributed by atoms with van der Waals surface area (Å²) in [4.78, 5) is 35.2. The third-order valence-electron chi connectivity index (χ3n) is 4.12. The van der Waals surface area contributed by atoms with Gasteiger partial charge in [0.2, 0.25) is 5.91 Å². The molecule has 2 atom stereocenters. The van der Waals surface area contributed by atoms with Crippen LogP contribution in [-0.4, -0.2) is 28.9 Å². The molecule has 0 aromatic heterocycles. The van der Waals surface area contributed by atoms with E-state index in [-0.39, 0.29) is 34.4 Å². The van der Waals surface area contributed by atoms with Gasteiger partial charge < -0.3 is 15.7 Å². The summed E-state index contributed by atoms with van der Waals surface area (Å²) >= 11 is 6.09. The van der Waals surface area contributed by atoms with E-state index >= 15 is 0 Å². The van der Waals surface area contributed by atoms with Gasteiger partial charge in [0, 0.05) is 17.6 Å². The van der Waals surface area contributed by atoms with Crippen molar-refractivity contribution in [1.29, 1.82) is 0 Å². The number of carboxylic acids is 1. The van der Waals surface area contributed by atoms with Crippen LogP contribution in [0.4, 0.5) is 5.69 Å². The number of benzene rings is 1. The lowest BCUT2D eigenvalue weighted by molar-refractivity contribution is -0.141. The third kappa shape index (κ3) is 4.47. The molecule has 0 aliphatic heterocycles. The Balaban J connectivity index is 2.06. The van der Waals surface area contributed by atoms with Crippen molar-refractivity contribution in [3.63, 3.8) is 0 Å². The van der Waals surface area contributed by atoms with Crippen molar-refractivity contribution in [3.8, 4) is 0 Å². The summed E-state index contributed by atoms with van der Waals surface area (Å²) in [5, 5.41) is 14.8. The molecule has 0 unspecified atom stereocenters. The molecule has 2 amide bonds. The summed E-state index contributed by atoms with van der Waals surface area (Å²) in [6.07, 6.45) is 1.60. The van der Waals surface area contributed by atoms with E-state index in [1.54, 1.807) is 26.0 Å². The molecule has 1 fully saturated rings. The first-order valence-corrected chi connectivity index (χ1v) is 8.29. The van der Waals surface area contributed by atoms with E-state index in [0.717, 1.165) is 0 Å². The molecule has 1 aromatic carbocycles. The molecule has 1 aliphatic carbocycles. The molecule has 0 heterocycles. The smallest absolute Gasteiger partial charge is 0.306 e. The van der Waals surface area contributed by atoms with E-state index in [0.29, 0.717) is 24.9 Å². The number of rotatable bonds is 5. The fourth-order valence-corrected chi connectivity index (χ4v) is 2.87. The van der Waals surface area contributed by atoms with Crippen molar-refractivity contribution in [2.24, 2.45) is 11.8 Å². The zero-order valence-corrected chi connectivity index (χ0v) is 14.4. The van der Waals surface area contributed by atoms with Crippen LogP contribution in [0.15, 0.2) is 18.2 Å². The number of carbonyl (C=O) groups excluding carboxylic acids is 2. The third-order valence-corrected chi connectivity index (χ3v) is 4.45. The van der Waals surface area contributed by atoms with Gasteiger partial charge in [-0.05, 0) is 37.5 Å². The Hall–Kier alpha value is -2.08. The second kappa shape index (κ2) is 7.66. The zero-order chi connectivity index (χ0) is 17.9. The quantitative estimate of drug-likeness (QED) is 0.759. The van der Waals surface area contributed by atoms with Crippen LogP contribution < -0.4 is 10.6 Å². The van der Waals surface area contributed by atoms with E-state index in [1.807, 2.05) is 0 Å². The van der Waals surface area contributed by atoms with Gasteiger partial charge in [-0.3, -0.25) is 14.4 Å². The number of amides is 2. The van der Waals surface area contributed by atoms with Gasteiger partial charge in [0.15, 0.2) is 0 Å². The lowest BCUT2D eigenvalue weighted by atomic mass is 10.1. The lowest BCUT2D eigenvalue weighted by Crippen LogP contribution is -2.33. The highest BCUT2D eigenvalue weighted by molar-refractivity contribution is 6.34. The number of carboxylic acid groups (broad SMARTS) is 1. The monoisotopic (exact) mass is 352 g/mol. The first kappa shape index (κ1) is 18.3. The number of hydrogen-bond acceptors (Lipinski definition) is 3. The minimum absolute atomic E-state index is 0.149. The largest absolute Gasteiger partial charge is 0.481 e. The van der Waals surface area contributed by atoms with Crippen LogP contribution in [0, 0.1) is 11.8 Å². The van der Waals surface area contributed by atoms with Crippen LogP contribution in [0.25, 0.3) is 0 Å². The Bertz CT molecular complexity index is 660. The summed E-state index contributed by atoms with van der Waals surface area (Å²) < 4.78 is 0. The van der Waals surface area contributed by atoms with Gasteiger partial charge >= 0.3 is 5.97 Å². The Labute approximate surface area is 145 Å². The predicted octanol–water partition coefficient (Wildman–Crippen LogP) is 2.92. The maximum absolute atomic E-state index is 12.4. The molecular formula is C17H21ClN2O4. The Kier molecular flexibility index (Phi) is 5.83. The van der Waals surface area contributed by atoms with E-state index in [1.165, 1.54) is 6.07 Å². The highest BCUT2D eigenvalue weighted by Gasteiger charge is 2.31. The fraction of sp³-hybridized carbons (Fsp3) is 0.471. The molecule has 0 bridgehead atoms. The normalized spacial score (nSPS) is 20.0. The highest BCUT2D eigenvalue weighted by Crippen LogP contribution is 2.27. The van der Waals surface area contributed by atoms with E-state index in [2.05, 4.69) is 10.6 Å². The van der Waals surface area contributed by atoms with Gasteiger partial charge in [0.1, 0.15) is 0 Å². The summed E-state index contributed by atoms with van der Waals surface area (Å²) in [6, 6.07) is 4.54. The molecule has 1 aliphatic rings. The minimum Gasteiger partial charge on any atom is -0.481 e. The first-order valence-electron chi connectivity index (χ1n) is 7.92. The van der Waals surface area contributed by atoms with Crippen LogP contribution in [-0.2, 0) is 9.59 Å². The second-order valence-corrected chi connectivity index (χ2v) is 6.76. The van der Waals surface area contributed by atoms with E-state index < -0.39 is 11.9 Å².